The van der Waals surface area contributed by atoms with E-state index in [1.807, 2.05) is 77.9 Å². The van der Waals surface area contributed by atoms with Gasteiger partial charge in [-0.3, -0.25) is 38.7 Å². The van der Waals surface area contributed by atoms with Crippen molar-refractivity contribution in [1.29, 1.82) is 0 Å². The van der Waals surface area contributed by atoms with Crippen LogP contribution in [-0.2, 0) is 28.8 Å². The van der Waals surface area contributed by atoms with E-state index >= 15 is 0 Å². The van der Waals surface area contributed by atoms with Crippen LogP contribution in [-0.4, -0.2) is 83.8 Å². The number of aromatic nitrogens is 2. The average Bonchev–Trinajstić information content (AvgIpc) is 3.59. The van der Waals surface area contributed by atoms with Crippen LogP contribution in [0.25, 0.3) is 22.2 Å². The first-order valence-corrected chi connectivity index (χ1v) is 18.7. The minimum Gasteiger partial charge on any atom is -0.370 e. The molecule has 0 radical (unpaired) electrons. The number of nitrogens with one attached hydrogen (secondary N) is 5. The van der Waals surface area contributed by atoms with Gasteiger partial charge in [0, 0.05) is 48.9 Å². The van der Waals surface area contributed by atoms with Crippen molar-refractivity contribution in [3.63, 3.8) is 0 Å². The number of nitrogens with zero attached hydrogens (tertiary/aromatic N) is 1. The van der Waals surface area contributed by atoms with Crippen molar-refractivity contribution in [3.05, 3.63) is 54.1 Å². The first-order chi connectivity index (χ1) is 26.5. The third kappa shape index (κ3) is 23.1. The second-order valence-corrected chi connectivity index (χ2v) is 13.2. The molecule has 0 saturated heterocycles. The summed E-state index contributed by atoms with van der Waals surface area (Å²) >= 11 is 0. The second kappa shape index (κ2) is 28.6. The van der Waals surface area contributed by atoms with E-state index < -0.39 is 29.7 Å². The van der Waals surface area contributed by atoms with E-state index in [-0.39, 0.29) is 43.7 Å². The Hall–Kier alpha value is -5.84. The predicted octanol–water partition coefficient (Wildman–Crippen LogP) is 1.74. The quantitative estimate of drug-likeness (QED) is 0.0799. The lowest BCUT2D eigenvalue weighted by Crippen LogP contribution is -2.42. The highest BCUT2D eigenvalue weighted by Gasteiger charge is 2.12. The van der Waals surface area contributed by atoms with Gasteiger partial charge >= 0.3 is 0 Å². The summed E-state index contributed by atoms with van der Waals surface area (Å²) in [6.45, 7) is 12.5. The van der Waals surface area contributed by atoms with E-state index in [0.29, 0.717) is 49.8 Å². The van der Waals surface area contributed by atoms with Crippen molar-refractivity contribution < 1.29 is 33.6 Å². The molecule has 0 aliphatic rings. The third-order valence-electron chi connectivity index (χ3n) is 7.40. The summed E-state index contributed by atoms with van der Waals surface area (Å²) in [6, 6.07) is 14.6. The number of nitrogens with two attached hydrogens (primary N) is 4. The number of aromatic amines is 1. The number of primary amides is 3. The van der Waals surface area contributed by atoms with Crippen molar-refractivity contribution >= 4 is 52.3 Å². The van der Waals surface area contributed by atoms with Gasteiger partial charge in [0.2, 0.25) is 35.4 Å². The Kier molecular flexibility index (Phi) is 25.6. The fourth-order valence-corrected chi connectivity index (χ4v) is 4.44. The van der Waals surface area contributed by atoms with Gasteiger partial charge in [-0.15, -0.1) is 0 Å². The molecule has 1 atom stereocenters. The van der Waals surface area contributed by atoms with Crippen molar-refractivity contribution in [1.82, 2.24) is 31.5 Å². The fourth-order valence-electron chi connectivity index (χ4n) is 4.44. The molecular formula is C39H62N10O7. The number of carbonyl (C=O) groups is 7. The molecule has 2 aromatic carbocycles. The van der Waals surface area contributed by atoms with Crippen LogP contribution in [0.4, 0.5) is 0 Å². The number of amides is 7. The fraction of sp³-hybridized carbons (Fsp3) is 0.487. The van der Waals surface area contributed by atoms with Crippen molar-refractivity contribution in [2.75, 3.05) is 26.2 Å². The van der Waals surface area contributed by atoms with Crippen LogP contribution in [0.15, 0.2) is 48.5 Å². The first kappa shape index (κ1) is 50.2. The molecule has 0 aliphatic carbocycles. The number of fused-ring (bicyclic) bond motifs is 1. The summed E-state index contributed by atoms with van der Waals surface area (Å²) in [5.41, 5.74) is 22.9. The molecule has 0 spiro atoms. The summed E-state index contributed by atoms with van der Waals surface area (Å²) in [6.07, 6.45) is 2.44. The molecule has 56 heavy (non-hydrogen) atoms. The average molecular weight is 783 g/mol. The lowest BCUT2D eigenvalue weighted by Gasteiger charge is -2.09. The van der Waals surface area contributed by atoms with Crippen LogP contribution in [0.2, 0.25) is 0 Å². The number of hydrogen-bond donors (Lipinski definition) is 9. The van der Waals surface area contributed by atoms with Crippen molar-refractivity contribution in [2.45, 2.75) is 86.1 Å². The minimum atomic E-state index is -0.496. The molecule has 0 fully saturated rings. The largest absolute Gasteiger partial charge is 0.370 e. The number of carbonyl (C=O) groups excluding carboxylic acids is 7. The van der Waals surface area contributed by atoms with Crippen LogP contribution < -0.4 is 44.2 Å². The monoisotopic (exact) mass is 782 g/mol. The summed E-state index contributed by atoms with van der Waals surface area (Å²) in [5.74, 6) is -1.70. The molecule has 1 aromatic heterocycles. The molecule has 0 bridgehead atoms. The predicted molar refractivity (Wildman–Crippen MR) is 217 cm³/mol. The number of H-pyrrole nitrogens is 1. The summed E-state index contributed by atoms with van der Waals surface area (Å²) in [4.78, 5) is 77.9. The van der Waals surface area contributed by atoms with Crippen LogP contribution in [0.3, 0.4) is 0 Å². The number of para-hydroxylation sites is 1. The normalized spacial score (nSPS) is 10.7. The van der Waals surface area contributed by atoms with E-state index in [1.54, 1.807) is 12.1 Å². The Labute approximate surface area is 329 Å². The van der Waals surface area contributed by atoms with Gasteiger partial charge in [0.25, 0.3) is 5.91 Å². The molecule has 0 saturated carbocycles. The van der Waals surface area contributed by atoms with Gasteiger partial charge in [0.05, 0.1) is 30.3 Å². The van der Waals surface area contributed by atoms with E-state index in [2.05, 4.69) is 31.5 Å². The van der Waals surface area contributed by atoms with E-state index in [4.69, 9.17) is 22.9 Å². The van der Waals surface area contributed by atoms with E-state index in [1.165, 1.54) is 0 Å². The zero-order valence-electron chi connectivity index (χ0n) is 33.5. The summed E-state index contributed by atoms with van der Waals surface area (Å²) in [5, 5.41) is 18.9. The smallest absolute Gasteiger partial charge is 0.251 e. The Balaban J connectivity index is 0.00000131. The Morgan fingerprint density at radius 1 is 0.679 bits per heavy atom. The Morgan fingerprint density at radius 3 is 1.73 bits per heavy atom. The second-order valence-electron chi connectivity index (χ2n) is 13.2. The molecule has 13 N–H and O–H groups in total. The van der Waals surface area contributed by atoms with Gasteiger partial charge in [-0.25, -0.2) is 0 Å². The Bertz CT molecular complexity index is 1660. The lowest BCUT2D eigenvalue weighted by atomic mass is 10.0. The molecular weight excluding hydrogens is 720 g/mol. The van der Waals surface area contributed by atoms with Gasteiger partial charge in [0.15, 0.2) is 0 Å². The number of benzene rings is 2. The van der Waals surface area contributed by atoms with Gasteiger partial charge in [-0.05, 0) is 49.3 Å². The zero-order valence-corrected chi connectivity index (χ0v) is 33.5. The molecule has 17 nitrogen and oxygen atoms in total. The zero-order chi connectivity index (χ0) is 42.6. The molecule has 310 valence electrons. The van der Waals surface area contributed by atoms with E-state index in [9.17, 15) is 33.6 Å². The maximum absolute atomic E-state index is 12.4. The SMILES string of the molecule is CC.CC(C)CCC(=O)NCC(=O)NCC(=O)NCCCNC(=O)c1ccc(-c2n[nH]c3ccccc23)cc1.CC(C)C[C@H](N)C(N)=O.NC(=O)CCC(N)=O. The van der Waals surface area contributed by atoms with Gasteiger partial charge in [-0.2, -0.15) is 5.10 Å². The standard InChI is InChI=1S/C27H34N6O4.C6H14N2O.C4H8N2O2.C2H6/c1-18(2)8-13-23(34)30-17-25(36)31-16-24(35)28-14-5-15-29-27(37)20-11-9-19(10-12-20)26-21-6-3-4-7-22(21)32-33-26;1-4(2)3-5(7)6(8)9;5-3(7)1-2-4(6)8;1-2/h3-4,6-7,9-12,18H,5,8,13-17H2,1-2H3,(H,28,35)(H,29,37)(H,30,34)(H,31,36)(H,32,33);4-5H,3,7H2,1-2H3,(H2,8,9);1-2H2,(H2,5,7)(H2,6,8);1-2H3/t;5-;;/m.0../s1. The van der Waals surface area contributed by atoms with Crippen molar-refractivity contribution in [2.24, 2.45) is 34.8 Å². The molecule has 7 amide bonds. The van der Waals surface area contributed by atoms with Crippen LogP contribution in [0, 0.1) is 11.8 Å². The van der Waals surface area contributed by atoms with Crippen LogP contribution in [0.1, 0.15) is 90.4 Å². The number of hydrogen-bond acceptors (Lipinski definition) is 9. The highest BCUT2D eigenvalue weighted by atomic mass is 16.2. The molecule has 0 unspecified atom stereocenters. The minimum absolute atomic E-state index is 0.0509. The van der Waals surface area contributed by atoms with E-state index in [0.717, 1.165) is 28.6 Å². The molecule has 17 heteroatoms. The first-order valence-electron chi connectivity index (χ1n) is 18.7. The topological polar surface area (TPSA) is 300 Å². The highest BCUT2D eigenvalue weighted by Crippen LogP contribution is 2.26. The molecule has 1 heterocycles. The number of rotatable bonds is 19. The third-order valence-corrected chi connectivity index (χ3v) is 7.40. The Morgan fingerprint density at radius 2 is 1.21 bits per heavy atom. The maximum Gasteiger partial charge on any atom is 0.251 e. The van der Waals surface area contributed by atoms with Gasteiger partial charge in [-0.1, -0.05) is 71.9 Å². The van der Waals surface area contributed by atoms with Crippen LogP contribution in [0.5, 0.6) is 0 Å². The molecule has 0 aliphatic heterocycles. The van der Waals surface area contributed by atoms with Gasteiger partial charge < -0.3 is 44.2 Å². The summed E-state index contributed by atoms with van der Waals surface area (Å²) in [7, 11) is 0. The maximum atomic E-state index is 12.4. The highest BCUT2D eigenvalue weighted by molar-refractivity contribution is 5.96. The van der Waals surface area contributed by atoms with Gasteiger partial charge in [0.1, 0.15) is 0 Å². The van der Waals surface area contributed by atoms with Crippen LogP contribution >= 0.6 is 0 Å². The molecule has 3 rings (SSSR count). The summed E-state index contributed by atoms with van der Waals surface area (Å²) < 4.78 is 0. The molecule has 3 aromatic rings. The lowest BCUT2D eigenvalue weighted by molar-refractivity contribution is -0.127. The van der Waals surface area contributed by atoms with Crippen molar-refractivity contribution in [3.8, 4) is 11.3 Å².